The Hall–Kier alpha value is -3.13. The van der Waals surface area contributed by atoms with Crippen LogP contribution in [0.1, 0.15) is 17.5 Å². The molecule has 0 aromatic heterocycles. The van der Waals surface area contributed by atoms with Crippen LogP contribution in [0.3, 0.4) is 0 Å². The van der Waals surface area contributed by atoms with Crippen molar-refractivity contribution in [1.29, 1.82) is 0 Å². The van der Waals surface area contributed by atoms with E-state index in [0.717, 1.165) is 41.0 Å². The summed E-state index contributed by atoms with van der Waals surface area (Å²) in [6.07, 6.45) is 5.90. The average molecular weight is 341 g/mol. The summed E-state index contributed by atoms with van der Waals surface area (Å²) in [6, 6.07) is 24.8. The van der Waals surface area contributed by atoms with E-state index >= 15 is 0 Å². The topological polar surface area (TPSA) is 21.6 Å². The van der Waals surface area contributed by atoms with Crippen LogP contribution >= 0.6 is 0 Å². The number of ether oxygens (including phenoxy) is 1. The Bertz CT molecular complexity index is 860. The molecule has 0 heterocycles. The molecule has 3 rings (SSSR count). The molecule has 0 unspecified atom stereocenters. The van der Waals surface area contributed by atoms with Crippen molar-refractivity contribution >= 4 is 11.9 Å². The third-order valence-corrected chi connectivity index (χ3v) is 4.27. The molecule has 0 amide bonds. The molecule has 0 fully saturated rings. The molecule has 0 N–H and O–H groups in total. The smallest absolute Gasteiger partial charge is 0.118 e. The number of nitrogens with zero attached hydrogens (tertiary/aromatic N) is 1. The quantitative estimate of drug-likeness (QED) is 0.369. The fourth-order valence-electron chi connectivity index (χ4n) is 2.71. The molecule has 26 heavy (non-hydrogen) atoms. The van der Waals surface area contributed by atoms with Crippen LogP contribution in [-0.4, -0.2) is 13.3 Å². The molecule has 3 aromatic carbocycles. The minimum Gasteiger partial charge on any atom is -0.497 e. The van der Waals surface area contributed by atoms with Crippen LogP contribution in [0.5, 0.6) is 5.75 Å². The first-order valence-corrected chi connectivity index (χ1v) is 8.77. The van der Waals surface area contributed by atoms with Gasteiger partial charge in [0.1, 0.15) is 5.75 Å². The summed E-state index contributed by atoms with van der Waals surface area (Å²) in [4.78, 5) is 4.57. The van der Waals surface area contributed by atoms with Gasteiger partial charge in [0.25, 0.3) is 0 Å². The Balaban J connectivity index is 1.66. The maximum atomic E-state index is 5.20. The van der Waals surface area contributed by atoms with E-state index in [2.05, 4.69) is 60.1 Å². The van der Waals surface area contributed by atoms with Gasteiger partial charge in [-0.3, -0.25) is 4.99 Å². The van der Waals surface area contributed by atoms with Crippen molar-refractivity contribution < 1.29 is 4.74 Å². The Morgan fingerprint density at radius 1 is 0.846 bits per heavy atom. The van der Waals surface area contributed by atoms with Gasteiger partial charge >= 0.3 is 0 Å². The zero-order valence-electron chi connectivity index (χ0n) is 15.1. The van der Waals surface area contributed by atoms with Crippen molar-refractivity contribution in [2.75, 3.05) is 7.11 Å². The van der Waals surface area contributed by atoms with E-state index in [0.29, 0.717) is 0 Å². The van der Waals surface area contributed by atoms with E-state index in [4.69, 9.17) is 4.74 Å². The predicted molar refractivity (Wildman–Crippen MR) is 111 cm³/mol. The molecule has 0 spiro atoms. The number of aryl methyl sites for hydroxylation is 1. The average Bonchev–Trinajstić information content (AvgIpc) is 2.72. The zero-order chi connectivity index (χ0) is 18.2. The summed E-state index contributed by atoms with van der Waals surface area (Å²) in [5, 5.41) is 0. The van der Waals surface area contributed by atoms with E-state index in [1.54, 1.807) is 7.11 Å². The van der Waals surface area contributed by atoms with Crippen molar-refractivity contribution in [2.24, 2.45) is 4.99 Å². The maximum Gasteiger partial charge on any atom is 0.118 e. The predicted octanol–water partition coefficient (Wildman–Crippen LogP) is 6.23. The summed E-state index contributed by atoms with van der Waals surface area (Å²) in [6.45, 7) is 3.76. The molecular formula is C24H23NO. The molecule has 0 aliphatic carbocycles. The van der Waals surface area contributed by atoms with Crippen LogP contribution in [0.2, 0.25) is 0 Å². The molecule has 0 bridgehead atoms. The number of hydrogen-bond acceptors (Lipinski definition) is 2. The molecule has 0 saturated carbocycles. The van der Waals surface area contributed by atoms with Gasteiger partial charge in [-0.2, -0.15) is 0 Å². The van der Waals surface area contributed by atoms with Gasteiger partial charge < -0.3 is 4.74 Å². The second-order valence-electron chi connectivity index (χ2n) is 6.10. The summed E-state index contributed by atoms with van der Waals surface area (Å²) < 4.78 is 5.20. The maximum absolute atomic E-state index is 5.20. The highest BCUT2D eigenvalue weighted by Gasteiger charge is 1.99. The Morgan fingerprint density at radius 3 is 2.04 bits per heavy atom. The molecule has 2 nitrogen and oxygen atoms in total. The molecule has 3 aromatic rings. The largest absolute Gasteiger partial charge is 0.497 e. The molecule has 0 aliphatic heterocycles. The number of hydrogen-bond donors (Lipinski definition) is 0. The molecule has 130 valence electrons. The lowest BCUT2D eigenvalue weighted by Gasteiger charge is -2.04. The Kier molecular flexibility index (Phi) is 6.00. The van der Waals surface area contributed by atoms with Crippen LogP contribution in [-0.2, 0) is 6.42 Å². The van der Waals surface area contributed by atoms with E-state index in [1.165, 1.54) is 5.56 Å². The molecule has 0 aliphatic rings. The van der Waals surface area contributed by atoms with Crippen molar-refractivity contribution in [3.63, 3.8) is 0 Å². The van der Waals surface area contributed by atoms with Crippen LogP contribution in [0.4, 0.5) is 5.69 Å². The van der Waals surface area contributed by atoms with Gasteiger partial charge in [0.05, 0.1) is 12.8 Å². The van der Waals surface area contributed by atoms with E-state index in [9.17, 15) is 0 Å². The van der Waals surface area contributed by atoms with Gasteiger partial charge in [0.2, 0.25) is 0 Å². The summed E-state index contributed by atoms with van der Waals surface area (Å²) >= 11 is 0. The van der Waals surface area contributed by atoms with Gasteiger partial charge in [-0.15, -0.1) is 6.58 Å². The third-order valence-electron chi connectivity index (χ3n) is 4.27. The van der Waals surface area contributed by atoms with Gasteiger partial charge in [-0.25, -0.2) is 0 Å². The normalized spacial score (nSPS) is 10.8. The van der Waals surface area contributed by atoms with Gasteiger partial charge in [-0.05, 0) is 59.4 Å². The van der Waals surface area contributed by atoms with E-state index in [-0.39, 0.29) is 0 Å². The Morgan fingerprint density at radius 2 is 1.46 bits per heavy atom. The van der Waals surface area contributed by atoms with Crippen molar-refractivity contribution in [2.45, 2.75) is 12.8 Å². The first kappa shape index (κ1) is 17.7. The first-order valence-electron chi connectivity index (χ1n) is 8.77. The van der Waals surface area contributed by atoms with Crippen LogP contribution in [0, 0.1) is 0 Å². The van der Waals surface area contributed by atoms with E-state index < -0.39 is 0 Å². The SMILES string of the molecule is C=CCCc1ccc(C=Nc2ccc(-c3ccc(OC)cc3)cc2)cc1. The fourth-order valence-corrected chi connectivity index (χ4v) is 2.71. The number of methoxy groups -OCH3 is 1. The second-order valence-corrected chi connectivity index (χ2v) is 6.10. The lowest BCUT2D eigenvalue weighted by atomic mass is 10.1. The minimum atomic E-state index is 0.866. The lowest BCUT2D eigenvalue weighted by molar-refractivity contribution is 0.415. The van der Waals surface area contributed by atoms with Crippen molar-refractivity contribution in [1.82, 2.24) is 0 Å². The monoisotopic (exact) mass is 341 g/mol. The standard InChI is InChI=1S/C24H23NO/c1-3-4-5-19-6-8-20(9-7-19)18-25-23-14-10-21(11-15-23)22-12-16-24(26-2)17-13-22/h3,6-18H,1,4-5H2,2H3. The van der Waals surface area contributed by atoms with Crippen LogP contribution in [0.15, 0.2) is 90.4 Å². The first-order chi connectivity index (χ1) is 12.8. The molecule has 0 saturated heterocycles. The van der Waals surface area contributed by atoms with E-state index in [1.807, 2.05) is 36.6 Å². The zero-order valence-corrected chi connectivity index (χ0v) is 15.1. The molecule has 0 radical (unpaired) electrons. The number of allylic oxidation sites excluding steroid dienone is 1. The van der Waals surface area contributed by atoms with Crippen LogP contribution < -0.4 is 4.74 Å². The van der Waals surface area contributed by atoms with Gasteiger partial charge in [0.15, 0.2) is 0 Å². The number of benzene rings is 3. The van der Waals surface area contributed by atoms with Crippen molar-refractivity contribution in [3.05, 3.63) is 96.6 Å². The molecule has 2 heteroatoms. The molecular weight excluding hydrogens is 318 g/mol. The summed E-state index contributed by atoms with van der Waals surface area (Å²) in [5.41, 5.74) is 5.70. The van der Waals surface area contributed by atoms with Crippen molar-refractivity contribution in [3.8, 4) is 16.9 Å². The second kappa shape index (κ2) is 8.82. The number of rotatable bonds is 7. The van der Waals surface area contributed by atoms with Gasteiger partial charge in [-0.1, -0.05) is 54.6 Å². The minimum absolute atomic E-state index is 0.866. The fraction of sp³-hybridized carbons (Fsp3) is 0.125. The number of aliphatic imine (C=N–C) groups is 1. The summed E-state index contributed by atoms with van der Waals surface area (Å²) in [7, 11) is 1.68. The highest BCUT2D eigenvalue weighted by Crippen LogP contribution is 2.24. The van der Waals surface area contributed by atoms with Gasteiger partial charge in [0, 0.05) is 6.21 Å². The lowest BCUT2D eigenvalue weighted by Crippen LogP contribution is -1.85. The molecule has 0 atom stereocenters. The van der Waals surface area contributed by atoms with Crippen LogP contribution in [0.25, 0.3) is 11.1 Å². The highest BCUT2D eigenvalue weighted by molar-refractivity contribution is 5.82. The Labute approximate surface area is 155 Å². The summed E-state index contributed by atoms with van der Waals surface area (Å²) in [5.74, 6) is 0.866. The highest BCUT2D eigenvalue weighted by atomic mass is 16.5. The third kappa shape index (κ3) is 4.70.